The smallest absolute Gasteiger partial charge is 0.254 e. The number of anilines is 1. The van der Waals surface area contributed by atoms with Gasteiger partial charge < -0.3 is 16.6 Å². The van der Waals surface area contributed by atoms with Crippen molar-refractivity contribution in [1.82, 2.24) is 14.8 Å². The van der Waals surface area contributed by atoms with Crippen molar-refractivity contribution in [2.75, 3.05) is 5.73 Å². The summed E-state index contributed by atoms with van der Waals surface area (Å²) in [7, 11) is 0. The molecule has 1 aromatic carbocycles. The monoisotopic (exact) mass is 353 g/mol. The third-order valence-corrected chi connectivity index (χ3v) is 4.69. The SMILES string of the molecule is Cc1ccc2cc(-c3nn(C(C)C(C)(C)O)c(N)c3C(N)=O)ccc2n1. The van der Waals surface area contributed by atoms with Crippen molar-refractivity contribution >= 4 is 22.6 Å². The van der Waals surface area contributed by atoms with Gasteiger partial charge in [0.2, 0.25) is 0 Å². The molecule has 2 aromatic heterocycles. The number of aryl methyl sites for hydroxylation is 1. The molecular formula is C19H23N5O2. The van der Waals surface area contributed by atoms with Gasteiger partial charge in [0.15, 0.2) is 0 Å². The first-order chi connectivity index (χ1) is 12.1. The molecule has 26 heavy (non-hydrogen) atoms. The van der Waals surface area contributed by atoms with E-state index in [9.17, 15) is 9.90 Å². The van der Waals surface area contributed by atoms with Gasteiger partial charge in [-0.15, -0.1) is 0 Å². The summed E-state index contributed by atoms with van der Waals surface area (Å²) in [6.45, 7) is 7.03. The van der Waals surface area contributed by atoms with Crippen LogP contribution >= 0.6 is 0 Å². The Balaban J connectivity index is 2.21. The number of carbonyl (C=O) groups excluding carboxylic acids is 1. The topological polar surface area (TPSA) is 120 Å². The van der Waals surface area contributed by atoms with E-state index in [2.05, 4.69) is 10.1 Å². The summed E-state index contributed by atoms with van der Waals surface area (Å²) in [6.07, 6.45) is 0. The highest BCUT2D eigenvalue weighted by molar-refractivity contribution is 6.04. The van der Waals surface area contributed by atoms with E-state index in [-0.39, 0.29) is 11.4 Å². The molecule has 7 nitrogen and oxygen atoms in total. The summed E-state index contributed by atoms with van der Waals surface area (Å²) < 4.78 is 1.45. The van der Waals surface area contributed by atoms with Gasteiger partial charge in [-0.3, -0.25) is 9.78 Å². The molecule has 1 amide bonds. The minimum absolute atomic E-state index is 0.143. The fourth-order valence-corrected chi connectivity index (χ4v) is 2.86. The third kappa shape index (κ3) is 3.01. The summed E-state index contributed by atoms with van der Waals surface area (Å²) in [4.78, 5) is 16.5. The molecule has 3 rings (SSSR count). The Kier molecular flexibility index (Phi) is 4.20. The summed E-state index contributed by atoms with van der Waals surface area (Å²) in [5.74, 6) is -0.516. The first kappa shape index (κ1) is 17.9. The molecule has 0 bridgehead atoms. The lowest BCUT2D eigenvalue weighted by atomic mass is 10.0. The second-order valence-corrected chi connectivity index (χ2v) is 7.11. The third-order valence-electron chi connectivity index (χ3n) is 4.69. The highest BCUT2D eigenvalue weighted by Crippen LogP contribution is 2.33. The number of carbonyl (C=O) groups is 1. The average molecular weight is 353 g/mol. The molecule has 136 valence electrons. The van der Waals surface area contributed by atoms with E-state index in [4.69, 9.17) is 11.5 Å². The molecule has 0 saturated heterocycles. The van der Waals surface area contributed by atoms with Crippen LogP contribution in [-0.4, -0.2) is 31.4 Å². The number of amides is 1. The maximum Gasteiger partial charge on any atom is 0.254 e. The van der Waals surface area contributed by atoms with Gasteiger partial charge >= 0.3 is 0 Å². The Bertz CT molecular complexity index is 1000. The van der Waals surface area contributed by atoms with Gasteiger partial charge in [-0.1, -0.05) is 12.1 Å². The number of nitrogens with two attached hydrogens (primary N) is 2. The molecule has 2 heterocycles. The van der Waals surface area contributed by atoms with Crippen molar-refractivity contribution in [3.63, 3.8) is 0 Å². The Morgan fingerprint density at radius 3 is 2.58 bits per heavy atom. The van der Waals surface area contributed by atoms with Gasteiger partial charge in [0, 0.05) is 16.6 Å². The van der Waals surface area contributed by atoms with Gasteiger partial charge in [0.25, 0.3) is 5.91 Å². The molecule has 0 aliphatic rings. The van der Waals surface area contributed by atoms with E-state index < -0.39 is 17.6 Å². The number of benzene rings is 1. The molecule has 3 aromatic rings. The molecule has 0 spiro atoms. The lowest BCUT2D eigenvalue weighted by Crippen LogP contribution is -2.32. The van der Waals surface area contributed by atoms with E-state index in [1.807, 2.05) is 37.3 Å². The number of fused-ring (bicyclic) bond motifs is 1. The van der Waals surface area contributed by atoms with Crippen molar-refractivity contribution in [2.24, 2.45) is 5.73 Å². The Morgan fingerprint density at radius 1 is 1.27 bits per heavy atom. The number of aromatic nitrogens is 3. The average Bonchev–Trinajstić information content (AvgIpc) is 2.90. The van der Waals surface area contributed by atoms with Crippen LogP contribution < -0.4 is 11.5 Å². The standard InChI is InChI=1S/C19H23N5O2/c1-10-5-6-12-9-13(7-8-14(12)22-10)16-15(18(21)25)17(20)24(23-16)11(2)19(3,4)26/h5-9,11,26H,20H2,1-4H3,(H2,21,25). The van der Waals surface area contributed by atoms with E-state index in [1.54, 1.807) is 20.8 Å². The summed E-state index contributed by atoms with van der Waals surface area (Å²) in [5, 5.41) is 15.7. The number of aliphatic hydroxyl groups is 1. The van der Waals surface area contributed by atoms with Crippen molar-refractivity contribution < 1.29 is 9.90 Å². The van der Waals surface area contributed by atoms with E-state index in [1.165, 1.54) is 4.68 Å². The van der Waals surface area contributed by atoms with Gasteiger partial charge in [-0.05, 0) is 45.9 Å². The van der Waals surface area contributed by atoms with Crippen LogP contribution in [0.3, 0.4) is 0 Å². The van der Waals surface area contributed by atoms with Gasteiger partial charge in [-0.2, -0.15) is 5.10 Å². The molecule has 0 radical (unpaired) electrons. The summed E-state index contributed by atoms with van der Waals surface area (Å²) >= 11 is 0. The predicted molar refractivity (Wildman–Crippen MR) is 102 cm³/mol. The fourth-order valence-electron chi connectivity index (χ4n) is 2.86. The van der Waals surface area contributed by atoms with Gasteiger partial charge in [-0.25, -0.2) is 4.68 Å². The summed E-state index contributed by atoms with van der Waals surface area (Å²) in [6, 6.07) is 9.04. The maximum atomic E-state index is 12.0. The van der Waals surface area contributed by atoms with Crippen molar-refractivity contribution in [2.45, 2.75) is 39.3 Å². The van der Waals surface area contributed by atoms with Crippen molar-refractivity contribution in [3.8, 4) is 11.3 Å². The number of hydrogen-bond acceptors (Lipinski definition) is 5. The largest absolute Gasteiger partial charge is 0.388 e. The molecule has 5 N–H and O–H groups in total. The van der Waals surface area contributed by atoms with Crippen LogP contribution in [0, 0.1) is 6.92 Å². The molecule has 0 saturated carbocycles. The quantitative estimate of drug-likeness (QED) is 0.665. The number of nitrogen functional groups attached to an aromatic ring is 1. The predicted octanol–water partition coefficient (Wildman–Crippen LogP) is 2.42. The van der Waals surface area contributed by atoms with Gasteiger partial charge in [0.1, 0.15) is 17.1 Å². The highest BCUT2D eigenvalue weighted by atomic mass is 16.3. The van der Waals surface area contributed by atoms with Crippen LogP contribution in [0.2, 0.25) is 0 Å². The second kappa shape index (κ2) is 6.10. The zero-order chi connectivity index (χ0) is 19.2. The van der Waals surface area contributed by atoms with E-state index >= 15 is 0 Å². The zero-order valence-corrected chi connectivity index (χ0v) is 15.3. The van der Waals surface area contributed by atoms with Crippen molar-refractivity contribution in [3.05, 3.63) is 41.6 Å². The van der Waals surface area contributed by atoms with E-state index in [0.717, 1.165) is 16.6 Å². The first-order valence-electron chi connectivity index (χ1n) is 8.37. The molecule has 0 aliphatic carbocycles. The molecule has 1 atom stereocenters. The normalized spacial score (nSPS) is 13.1. The van der Waals surface area contributed by atoms with Crippen LogP contribution in [-0.2, 0) is 0 Å². The Labute approximate surface area is 151 Å². The minimum atomic E-state index is -1.07. The van der Waals surface area contributed by atoms with Gasteiger partial charge in [0.05, 0.1) is 17.2 Å². The number of primary amides is 1. The molecule has 1 unspecified atom stereocenters. The summed E-state index contributed by atoms with van der Waals surface area (Å²) in [5.41, 5.74) is 13.7. The number of pyridine rings is 1. The van der Waals surface area contributed by atoms with Crippen LogP contribution in [0.15, 0.2) is 30.3 Å². The molecule has 7 heteroatoms. The van der Waals surface area contributed by atoms with Crippen LogP contribution in [0.25, 0.3) is 22.2 Å². The Morgan fingerprint density at radius 2 is 1.96 bits per heavy atom. The minimum Gasteiger partial charge on any atom is -0.388 e. The van der Waals surface area contributed by atoms with Crippen LogP contribution in [0.5, 0.6) is 0 Å². The number of nitrogens with zero attached hydrogens (tertiary/aromatic N) is 3. The zero-order valence-electron chi connectivity index (χ0n) is 15.3. The lowest BCUT2D eigenvalue weighted by Gasteiger charge is -2.26. The van der Waals surface area contributed by atoms with Crippen LogP contribution in [0.4, 0.5) is 5.82 Å². The number of hydrogen-bond donors (Lipinski definition) is 3. The van der Waals surface area contributed by atoms with E-state index in [0.29, 0.717) is 11.3 Å². The lowest BCUT2D eigenvalue weighted by molar-refractivity contribution is 0.0267. The van der Waals surface area contributed by atoms with Crippen molar-refractivity contribution in [1.29, 1.82) is 0 Å². The second-order valence-electron chi connectivity index (χ2n) is 7.11. The number of rotatable bonds is 4. The first-order valence-corrected chi connectivity index (χ1v) is 8.37. The Hall–Kier alpha value is -2.93. The molecule has 0 fully saturated rings. The van der Waals surface area contributed by atoms with Crippen LogP contribution in [0.1, 0.15) is 42.9 Å². The maximum absolute atomic E-state index is 12.0. The highest BCUT2D eigenvalue weighted by Gasteiger charge is 2.30. The molecular weight excluding hydrogens is 330 g/mol. The molecule has 0 aliphatic heterocycles. The fraction of sp³-hybridized carbons (Fsp3) is 0.316.